The molecule has 1 amide bonds. The first-order valence-corrected chi connectivity index (χ1v) is 7.81. The van der Waals surface area contributed by atoms with Crippen LogP contribution in [0.3, 0.4) is 0 Å². The second-order valence-electron chi connectivity index (χ2n) is 5.77. The number of morpholine rings is 1. The summed E-state index contributed by atoms with van der Waals surface area (Å²) in [5, 5.41) is 3.25. The molecule has 22 heavy (non-hydrogen) atoms. The monoisotopic (exact) mass is 306 g/mol. The number of hydrogen-bond acceptors (Lipinski definition) is 4. The van der Waals surface area contributed by atoms with Gasteiger partial charge in [-0.25, -0.2) is 0 Å². The third-order valence-corrected chi connectivity index (χ3v) is 4.17. The van der Waals surface area contributed by atoms with E-state index < -0.39 is 0 Å². The Morgan fingerprint density at radius 3 is 2.95 bits per heavy atom. The zero-order valence-electron chi connectivity index (χ0n) is 13.7. The molecule has 0 bridgehead atoms. The fraction of sp³-hybridized carbons (Fsp3) is 0.588. The number of methoxy groups -OCH3 is 1. The van der Waals surface area contributed by atoms with Crippen molar-refractivity contribution < 1.29 is 14.3 Å². The lowest BCUT2D eigenvalue weighted by Gasteiger charge is -2.29. The van der Waals surface area contributed by atoms with E-state index in [1.54, 1.807) is 7.11 Å². The molecule has 1 fully saturated rings. The van der Waals surface area contributed by atoms with E-state index in [-0.39, 0.29) is 18.1 Å². The molecule has 5 nitrogen and oxygen atoms in total. The van der Waals surface area contributed by atoms with Crippen molar-refractivity contribution >= 4 is 5.91 Å². The van der Waals surface area contributed by atoms with Gasteiger partial charge in [-0.2, -0.15) is 0 Å². The average molecular weight is 306 g/mol. The molecule has 2 unspecified atom stereocenters. The van der Waals surface area contributed by atoms with Gasteiger partial charge in [-0.05, 0) is 25.0 Å². The minimum atomic E-state index is -0.0119. The van der Waals surface area contributed by atoms with Crippen LogP contribution in [0.4, 0.5) is 0 Å². The Hall–Kier alpha value is -1.59. The van der Waals surface area contributed by atoms with Crippen molar-refractivity contribution in [3.63, 3.8) is 0 Å². The van der Waals surface area contributed by atoms with Gasteiger partial charge >= 0.3 is 0 Å². The van der Waals surface area contributed by atoms with Crippen LogP contribution in [0.5, 0.6) is 5.75 Å². The maximum absolute atomic E-state index is 12.4. The normalized spacial score (nSPS) is 19.5. The van der Waals surface area contributed by atoms with Gasteiger partial charge in [0.2, 0.25) is 5.91 Å². The smallest absolute Gasteiger partial charge is 0.225 e. The molecular weight excluding hydrogens is 280 g/mol. The number of nitrogens with zero attached hydrogens (tertiary/aromatic N) is 1. The van der Waals surface area contributed by atoms with Gasteiger partial charge in [-0.15, -0.1) is 0 Å². The van der Waals surface area contributed by atoms with E-state index in [0.717, 1.165) is 30.8 Å². The van der Waals surface area contributed by atoms with Gasteiger partial charge in [-0.1, -0.05) is 18.2 Å². The summed E-state index contributed by atoms with van der Waals surface area (Å²) in [5.74, 6) is 0.992. The molecule has 1 N–H and O–H groups in total. The van der Waals surface area contributed by atoms with Crippen molar-refractivity contribution in [2.75, 3.05) is 33.9 Å². The molecule has 1 aromatic carbocycles. The fourth-order valence-electron chi connectivity index (χ4n) is 2.66. The van der Waals surface area contributed by atoms with Crippen molar-refractivity contribution in [1.82, 2.24) is 10.2 Å². The topological polar surface area (TPSA) is 50.8 Å². The second-order valence-corrected chi connectivity index (χ2v) is 5.77. The zero-order valence-corrected chi connectivity index (χ0v) is 13.7. The number of benzene rings is 1. The van der Waals surface area contributed by atoms with Gasteiger partial charge in [0, 0.05) is 26.2 Å². The molecule has 1 aromatic rings. The SMILES string of the molecule is COc1ccccc1CC(C)N(C)C(=O)CC1CNCCO1. The van der Waals surface area contributed by atoms with Gasteiger partial charge in [0.1, 0.15) is 5.75 Å². The van der Waals surface area contributed by atoms with Crippen molar-refractivity contribution in [1.29, 1.82) is 0 Å². The van der Waals surface area contributed by atoms with Crippen LogP contribution in [-0.2, 0) is 16.0 Å². The largest absolute Gasteiger partial charge is 0.496 e. The van der Waals surface area contributed by atoms with E-state index in [0.29, 0.717) is 13.0 Å². The first kappa shape index (κ1) is 16.8. The van der Waals surface area contributed by atoms with Gasteiger partial charge in [0.05, 0.1) is 26.2 Å². The maximum atomic E-state index is 12.4. The predicted octanol–water partition coefficient (Wildman–Crippen LogP) is 1.46. The first-order valence-electron chi connectivity index (χ1n) is 7.81. The lowest BCUT2D eigenvalue weighted by molar-refractivity contribution is -0.135. The molecule has 2 atom stereocenters. The molecule has 0 radical (unpaired) electrons. The van der Waals surface area contributed by atoms with Crippen LogP contribution in [-0.4, -0.2) is 56.8 Å². The molecule has 1 aliphatic rings. The molecule has 5 heteroatoms. The van der Waals surface area contributed by atoms with Gasteiger partial charge in [0.25, 0.3) is 0 Å². The number of rotatable bonds is 6. The molecule has 2 rings (SSSR count). The first-order chi connectivity index (χ1) is 10.6. The fourth-order valence-corrected chi connectivity index (χ4v) is 2.66. The highest BCUT2D eigenvalue weighted by Gasteiger charge is 2.22. The molecule has 0 aliphatic carbocycles. The van der Waals surface area contributed by atoms with Crippen LogP contribution < -0.4 is 10.1 Å². The van der Waals surface area contributed by atoms with Crippen LogP contribution in [0.25, 0.3) is 0 Å². The van der Waals surface area contributed by atoms with Crippen molar-refractivity contribution in [3.05, 3.63) is 29.8 Å². The van der Waals surface area contributed by atoms with Crippen LogP contribution in [0, 0.1) is 0 Å². The lowest BCUT2D eigenvalue weighted by atomic mass is 10.0. The Morgan fingerprint density at radius 2 is 2.27 bits per heavy atom. The third-order valence-electron chi connectivity index (χ3n) is 4.17. The minimum Gasteiger partial charge on any atom is -0.496 e. The maximum Gasteiger partial charge on any atom is 0.225 e. The highest BCUT2D eigenvalue weighted by Crippen LogP contribution is 2.20. The zero-order chi connectivity index (χ0) is 15.9. The number of amides is 1. The van der Waals surface area contributed by atoms with E-state index in [4.69, 9.17) is 9.47 Å². The summed E-state index contributed by atoms with van der Waals surface area (Å²) in [5.41, 5.74) is 1.12. The molecule has 1 heterocycles. The number of likely N-dealkylation sites (N-methyl/N-ethyl adjacent to an activating group) is 1. The molecule has 122 valence electrons. The Morgan fingerprint density at radius 1 is 1.50 bits per heavy atom. The van der Waals surface area contributed by atoms with Crippen molar-refractivity contribution in [3.8, 4) is 5.75 Å². The number of ether oxygens (including phenoxy) is 2. The Labute approximate surface area is 132 Å². The second kappa shape index (κ2) is 8.15. The van der Waals surface area contributed by atoms with E-state index in [9.17, 15) is 4.79 Å². The van der Waals surface area contributed by atoms with Crippen LogP contribution >= 0.6 is 0 Å². The molecule has 0 saturated carbocycles. The predicted molar refractivity (Wildman–Crippen MR) is 86.2 cm³/mol. The summed E-state index contributed by atoms with van der Waals surface area (Å²) >= 11 is 0. The van der Waals surface area contributed by atoms with Gasteiger partial charge in [0.15, 0.2) is 0 Å². The van der Waals surface area contributed by atoms with Crippen LogP contribution in [0.15, 0.2) is 24.3 Å². The summed E-state index contributed by atoms with van der Waals surface area (Å²) in [4.78, 5) is 14.2. The standard InChI is InChI=1S/C17H26N2O3/c1-13(10-14-6-4-5-7-16(14)21-3)19(2)17(20)11-15-12-18-8-9-22-15/h4-7,13,15,18H,8-12H2,1-3H3. The quantitative estimate of drug-likeness (QED) is 0.864. The summed E-state index contributed by atoms with van der Waals surface area (Å²) in [6.45, 7) is 4.36. The van der Waals surface area contributed by atoms with Crippen molar-refractivity contribution in [2.24, 2.45) is 0 Å². The molecule has 1 aliphatic heterocycles. The van der Waals surface area contributed by atoms with Gasteiger partial charge in [-0.3, -0.25) is 4.79 Å². The summed E-state index contributed by atoms with van der Waals surface area (Å²) in [6.07, 6.45) is 1.19. The number of hydrogen-bond donors (Lipinski definition) is 1. The van der Waals surface area contributed by atoms with E-state index in [1.165, 1.54) is 0 Å². The molecule has 1 saturated heterocycles. The van der Waals surface area contributed by atoms with Crippen LogP contribution in [0.1, 0.15) is 18.9 Å². The Balaban J connectivity index is 1.90. The highest BCUT2D eigenvalue weighted by atomic mass is 16.5. The number of carbonyl (C=O) groups excluding carboxylic acids is 1. The van der Waals surface area contributed by atoms with E-state index in [1.807, 2.05) is 36.2 Å². The lowest BCUT2D eigenvalue weighted by Crippen LogP contribution is -2.43. The number of nitrogens with one attached hydrogen (secondary N) is 1. The summed E-state index contributed by atoms with van der Waals surface area (Å²) in [7, 11) is 3.53. The summed E-state index contributed by atoms with van der Waals surface area (Å²) < 4.78 is 11.0. The summed E-state index contributed by atoms with van der Waals surface area (Å²) in [6, 6.07) is 8.05. The molecule has 0 aromatic heterocycles. The van der Waals surface area contributed by atoms with Crippen molar-refractivity contribution in [2.45, 2.75) is 31.9 Å². The minimum absolute atomic E-state index is 0.0119. The Kier molecular flexibility index (Phi) is 6.21. The Bertz CT molecular complexity index is 487. The van der Waals surface area contributed by atoms with E-state index >= 15 is 0 Å². The number of carbonyl (C=O) groups is 1. The van der Waals surface area contributed by atoms with E-state index in [2.05, 4.69) is 12.2 Å². The average Bonchev–Trinajstić information content (AvgIpc) is 2.55. The molecule has 0 spiro atoms. The number of para-hydroxylation sites is 1. The third kappa shape index (κ3) is 4.45. The highest BCUT2D eigenvalue weighted by molar-refractivity contribution is 5.76. The molecular formula is C17H26N2O3. The van der Waals surface area contributed by atoms with Crippen LogP contribution in [0.2, 0.25) is 0 Å². The van der Waals surface area contributed by atoms with Gasteiger partial charge < -0.3 is 19.7 Å².